The van der Waals surface area contributed by atoms with Crippen LogP contribution in [-0.4, -0.2) is 64.6 Å². The van der Waals surface area contributed by atoms with E-state index in [1.165, 1.54) is 25.3 Å². The van der Waals surface area contributed by atoms with E-state index >= 15 is 0 Å². The summed E-state index contributed by atoms with van der Waals surface area (Å²) in [6.07, 6.45) is -0.905. The Kier molecular flexibility index (Phi) is 10.5. The Labute approximate surface area is 235 Å². The number of para-hydroxylation sites is 1. The molecule has 218 valence electrons. The number of halogens is 1. The number of carboxylic acids is 1. The van der Waals surface area contributed by atoms with Crippen molar-refractivity contribution >= 4 is 23.6 Å². The zero-order chi connectivity index (χ0) is 30.1. The fourth-order valence-corrected chi connectivity index (χ4v) is 3.89. The molecule has 1 heterocycles. The maximum absolute atomic E-state index is 13.8. The van der Waals surface area contributed by atoms with Crippen LogP contribution in [0.5, 0.6) is 11.5 Å². The van der Waals surface area contributed by atoms with E-state index in [0.29, 0.717) is 22.7 Å². The zero-order valence-electron chi connectivity index (χ0n) is 23.0. The molecule has 2 aromatic carbocycles. The van der Waals surface area contributed by atoms with Gasteiger partial charge in [-0.3, -0.25) is 19.2 Å². The molecule has 0 fully saturated rings. The summed E-state index contributed by atoms with van der Waals surface area (Å²) in [4.78, 5) is 54.5. The first kappa shape index (κ1) is 30.7. The summed E-state index contributed by atoms with van der Waals surface area (Å²) < 4.78 is 29.6. The smallest absolute Gasteiger partial charge is 0.305 e. The van der Waals surface area contributed by atoms with Gasteiger partial charge in [0.2, 0.25) is 11.8 Å². The largest absolute Gasteiger partial charge is 0.496 e. The minimum absolute atomic E-state index is 0.172. The molecule has 0 bridgehead atoms. The molecule has 0 aliphatic heterocycles. The number of carbonyl (C=O) groups is 4. The number of rotatable bonds is 14. The molecule has 2 amide bonds. The van der Waals surface area contributed by atoms with Crippen LogP contribution >= 0.6 is 0 Å². The van der Waals surface area contributed by atoms with Gasteiger partial charge in [-0.05, 0) is 43.2 Å². The molecule has 0 aliphatic carbocycles. The Bertz CT molecular complexity index is 1410. The molecule has 3 aromatic rings. The fourth-order valence-electron chi connectivity index (χ4n) is 3.89. The van der Waals surface area contributed by atoms with E-state index in [-0.39, 0.29) is 18.1 Å². The zero-order valence-corrected chi connectivity index (χ0v) is 23.0. The Morgan fingerprint density at radius 3 is 2.41 bits per heavy atom. The first-order chi connectivity index (χ1) is 19.5. The number of methoxy groups -OCH3 is 1. The SMILES string of the molecule is COc1ccc(-c2nc(C)no2)cc1CC(=O)N[C@H](C(=O)NC(CC(=O)O)C(=O)COc1ccccc1F)C(C)C. The molecule has 0 saturated carbocycles. The van der Waals surface area contributed by atoms with Gasteiger partial charge in [-0.25, -0.2) is 4.39 Å². The number of hydrogen-bond acceptors (Lipinski definition) is 9. The summed E-state index contributed by atoms with van der Waals surface area (Å²) >= 11 is 0. The molecular weight excluding hydrogens is 539 g/mol. The molecular formula is C28H31FN4O8. The first-order valence-corrected chi connectivity index (χ1v) is 12.7. The van der Waals surface area contributed by atoms with Crippen LogP contribution in [0.3, 0.4) is 0 Å². The molecule has 1 unspecified atom stereocenters. The molecule has 1 aromatic heterocycles. The molecule has 0 aliphatic rings. The average Bonchev–Trinajstić information content (AvgIpc) is 3.36. The number of nitrogens with one attached hydrogen (secondary N) is 2. The van der Waals surface area contributed by atoms with Crippen molar-refractivity contribution in [2.75, 3.05) is 13.7 Å². The molecule has 3 rings (SSSR count). The van der Waals surface area contributed by atoms with E-state index in [1.54, 1.807) is 39.0 Å². The van der Waals surface area contributed by atoms with E-state index < -0.39 is 60.4 Å². The van der Waals surface area contributed by atoms with Crippen molar-refractivity contribution < 1.29 is 42.7 Å². The molecule has 2 atom stereocenters. The predicted molar refractivity (Wildman–Crippen MR) is 143 cm³/mol. The number of ether oxygens (including phenoxy) is 2. The van der Waals surface area contributed by atoms with Crippen LogP contribution in [0.4, 0.5) is 4.39 Å². The molecule has 3 N–H and O–H groups in total. The lowest BCUT2D eigenvalue weighted by Crippen LogP contribution is -2.54. The Balaban J connectivity index is 1.70. The number of benzene rings is 2. The van der Waals surface area contributed by atoms with Crippen LogP contribution in [0.15, 0.2) is 47.0 Å². The minimum Gasteiger partial charge on any atom is -0.496 e. The van der Waals surface area contributed by atoms with Gasteiger partial charge >= 0.3 is 5.97 Å². The number of aromatic nitrogens is 2. The number of ketones is 1. The monoisotopic (exact) mass is 570 g/mol. The molecule has 0 spiro atoms. The Hall–Kier alpha value is -4.81. The van der Waals surface area contributed by atoms with Crippen LogP contribution in [-0.2, 0) is 25.6 Å². The lowest BCUT2D eigenvalue weighted by Gasteiger charge is -2.25. The van der Waals surface area contributed by atoms with Crippen molar-refractivity contribution in [2.24, 2.45) is 5.92 Å². The van der Waals surface area contributed by atoms with Crippen molar-refractivity contribution in [1.29, 1.82) is 0 Å². The number of carbonyl (C=O) groups excluding carboxylic acids is 3. The number of Topliss-reactive ketones (excluding diaryl/α,β-unsaturated/α-hetero) is 1. The highest BCUT2D eigenvalue weighted by Gasteiger charge is 2.30. The van der Waals surface area contributed by atoms with Crippen LogP contribution in [0.25, 0.3) is 11.5 Å². The fraction of sp³-hybridized carbons (Fsp3) is 0.357. The maximum Gasteiger partial charge on any atom is 0.305 e. The molecule has 12 nitrogen and oxygen atoms in total. The standard InChI is InChI=1S/C28H31FN4O8/c1-15(2)26(27(38)31-20(13-25(36)37)21(34)14-40-23-8-6-5-7-19(23)29)32-24(35)12-18-11-17(9-10-22(18)39-4)28-30-16(3)33-41-28/h5-11,15,20,26H,12-14H2,1-4H3,(H,31,38)(H,32,35)(H,36,37)/t20?,26-/m0/s1. The van der Waals surface area contributed by atoms with Gasteiger partial charge in [0.25, 0.3) is 5.89 Å². The topological polar surface area (TPSA) is 170 Å². The second kappa shape index (κ2) is 14.0. The normalized spacial score (nSPS) is 12.3. The average molecular weight is 571 g/mol. The summed E-state index contributed by atoms with van der Waals surface area (Å²) in [5.41, 5.74) is 1.06. The van der Waals surface area contributed by atoms with Gasteiger partial charge in [-0.15, -0.1) is 0 Å². The summed E-state index contributed by atoms with van der Waals surface area (Å²) in [6, 6.07) is 7.84. The Morgan fingerprint density at radius 2 is 1.80 bits per heavy atom. The second-order valence-corrected chi connectivity index (χ2v) is 9.48. The van der Waals surface area contributed by atoms with E-state index in [1.807, 2.05) is 0 Å². The van der Waals surface area contributed by atoms with Gasteiger partial charge in [0.15, 0.2) is 23.2 Å². The van der Waals surface area contributed by atoms with Crippen LogP contribution in [0.2, 0.25) is 0 Å². The van der Waals surface area contributed by atoms with E-state index in [9.17, 15) is 28.7 Å². The van der Waals surface area contributed by atoms with Crippen molar-refractivity contribution in [2.45, 2.75) is 45.7 Å². The molecule has 13 heteroatoms. The highest BCUT2D eigenvalue weighted by Crippen LogP contribution is 2.26. The molecule has 0 saturated heterocycles. The van der Waals surface area contributed by atoms with Crippen molar-refractivity contribution in [1.82, 2.24) is 20.8 Å². The van der Waals surface area contributed by atoms with Crippen LogP contribution in [0.1, 0.15) is 31.7 Å². The van der Waals surface area contributed by atoms with Gasteiger partial charge in [-0.2, -0.15) is 4.98 Å². The maximum atomic E-state index is 13.8. The number of aliphatic carboxylic acids is 1. The van der Waals surface area contributed by atoms with Gasteiger partial charge in [0, 0.05) is 11.1 Å². The van der Waals surface area contributed by atoms with Crippen molar-refractivity contribution in [3.05, 3.63) is 59.7 Å². The quantitative estimate of drug-likeness (QED) is 0.262. The third-order valence-corrected chi connectivity index (χ3v) is 5.96. The molecule has 0 radical (unpaired) electrons. The number of aryl methyl sites for hydroxylation is 1. The van der Waals surface area contributed by atoms with Crippen molar-refractivity contribution in [3.63, 3.8) is 0 Å². The highest BCUT2D eigenvalue weighted by atomic mass is 19.1. The predicted octanol–water partition coefficient (Wildman–Crippen LogP) is 2.48. The third-order valence-electron chi connectivity index (χ3n) is 5.96. The van der Waals surface area contributed by atoms with Crippen molar-refractivity contribution in [3.8, 4) is 23.0 Å². The highest BCUT2D eigenvalue weighted by molar-refractivity contribution is 5.95. The lowest BCUT2D eigenvalue weighted by atomic mass is 10.0. The number of hydrogen-bond donors (Lipinski definition) is 3. The summed E-state index contributed by atoms with van der Waals surface area (Å²) in [5.74, 6) is -3.60. The summed E-state index contributed by atoms with van der Waals surface area (Å²) in [7, 11) is 1.45. The van der Waals surface area contributed by atoms with E-state index in [0.717, 1.165) is 6.07 Å². The molecule has 41 heavy (non-hydrogen) atoms. The summed E-state index contributed by atoms with van der Waals surface area (Å²) in [6.45, 7) is 4.36. The second-order valence-electron chi connectivity index (χ2n) is 9.48. The van der Waals surface area contributed by atoms with E-state index in [4.69, 9.17) is 14.0 Å². The van der Waals surface area contributed by atoms with Gasteiger partial charge < -0.3 is 29.7 Å². The van der Waals surface area contributed by atoms with E-state index in [2.05, 4.69) is 20.8 Å². The minimum atomic E-state index is -1.47. The van der Waals surface area contributed by atoms with Gasteiger partial charge in [-0.1, -0.05) is 31.1 Å². The summed E-state index contributed by atoms with van der Waals surface area (Å²) in [5, 5.41) is 18.1. The number of amides is 2. The Morgan fingerprint density at radius 1 is 1.07 bits per heavy atom. The number of carboxylic acid groups (broad SMARTS) is 1. The first-order valence-electron chi connectivity index (χ1n) is 12.7. The number of nitrogens with zero attached hydrogens (tertiary/aromatic N) is 2. The lowest BCUT2D eigenvalue weighted by molar-refractivity contribution is -0.141. The van der Waals surface area contributed by atoms with Gasteiger partial charge in [0.05, 0.1) is 20.0 Å². The van der Waals surface area contributed by atoms with Crippen LogP contribution < -0.4 is 20.1 Å². The third kappa shape index (κ3) is 8.59. The van der Waals surface area contributed by atoms with Gasteiger partial charge in [0.1, 0.15) is 24.4 Å². The van der Waals surface area contributed by atoms with Crippen LogP contribution in [0, 0.1) is 18.7 Å².